The lowest BCUT2D eigenvalue weighted by Gasteiger charge is -2.11. The Kier molecular flexibility index (Phi) is 3.44. The minimum Gasteiger partial charge on any atom is -0.363 e. The molecule has 0 radical (unpaired) electrons. The first-order valence-corrected chi connectivity index (χ1v) is 5.93. The Morgan fingerprint density at radius 3 is 2.87 bits per heavy atom. The molecule has 0 N–H and O–H groups in total. The molecule has 0 aliphatic carbocycles. The summed E-state index contributed by atoms with van der Waals surface area (Å²) in [5, 5.41) is 0.672. The Morgan fingerprint density at radius 2 is 2.27 bits per heavy atom. The quantitative estimate of drug-likeness (QED) is 0.779. The van der Waals surface area contributed by atoms with E-state index in [4.69, 9.17) is 16.3 Å². The summed E-state index contributed by atoms with van der Waals surface area (Å²) in [7, 11) is 0. The van der Waals surface area contributed by atoms with Crippen LogP contribution in [0.5, 0.6) is 0 Å². The van der Waals surface area contributed by atoms with Crippen LogP contribution in [-0.2, 0) is 9.53 Å². The highest BCUT2D eigenvalue weighted by Gasteiger charge is 2.26. The number of hydrogen-bond acceptors (Lipinski definition) is 2. The van der Waals surface area contributed by atoms with Crippen molar-refractivity contribution in [3.05, 3.63) is 33.3 Å². The predicted octanol–water partition coefficient (Wildman–Crippen LogP) is 3.52. The number of carbonyl (C=O) groups excluding carboxylic acids is 1. The zero-order valence-corrected chi connectivity index (χ0v) is 10.3. The van der Waals surface area contributed by atoms with Crippen LogP contribution in [0.1, 0.15) is 24.5 Å². The van der Waals surface area contributed by atoms with Crippen LogP contribution in [0.4, 0.5) is 0 Å². The van der Waals surface area contributed by atoms with Gasteiger partial charge in [0, 0.05) is 4.47 Å². The lowest BCUT2D eigenvalue weighted by Crippen LogP contribution is -2.07. The van der Waals surface area contributed by atoms with Gasteiger partial charge in [-0.05, 0) is 46.5 Å². The van der Waals surface area contributed by atoms with Crippen molar-refractivity contribution in [2.75, 3.05) is 0 Å². The average Bonchev–Trinajstić information content (AvgIpc) is 2.70. The standard InChI is InChI=1S/C11H10BrClO2/c12-9-3-1-7(5-10(9)13)11-4-2-8(6-14)15-11/h1,3,5-6,8,11H,2,4H2. The highest BCUT2D eigenvalue weighted by molar-refractivity contribution is 9.10. The maximum Gasteiger partial charge on any atom is 0.148 e. The van der Waals surface area contributed by atoms with Crippen molar-refractivity contribution in [3.8, 4) is 0 Å². The Labute approximate surface area is 102 Å². The van der Waals surface area contributed by atoms with Crippen molar-refractivity contribution in [2.45, 2.75) is 25.0 Å². The molecule has 15 heavy (non-hydrogen) atoms. The van der Waals surface area contributed by atoms with Gasteiger partial charge in [0.2, 0.25) is 0 Å². The van der Waals surface area contributed by atoms with Crippen molar-refractivity contribution in [3.63, 3.8) is 0 Å². The summed E-state index contributed by atoms with van der Waals surface area (Å²) in [6.07, 6.45) is 2.28. The number of carbonyl (C=O) groups is 1. The molecule has 2 rings (SSSR count). The molecular formula is C11H10BrClO2. The number of aldehydes is 1. The summed E-state index contributed by atoms with van der Waals surface area (Å²) in [5.41, 5.74) is 1.03. The number of hydrogen-bond donors (Lipinski definition) is 0. The summed E-state index contributed by atoms with van der Waals surface area (Å²) in [4.78, 5) is 10.5. The molecule has 2 nitrogen and oxygen atoms in total. The summed E-state index contributed by atoms with van der Waals surface area (Å²) >= 11 is 9.33. The lowest BCUT2D eigenvalue weighted by atomic mass is 10.1. The highest BCUT2D eigenvalue weighted by atomic mass is 79.9. The monoisotopic (exact) mass is 288 g/mol. The topological polar surface area (TPSA) is 26.3 Å². The van der Waals surface area contributed by atoms with E-state index in [1.165, 1.54) is 0 Å². The number of ether oxygens (including phenoxy) is 1. The molecule has 2 unspecified atom stereocenters. The summed E-state index contributed by atoms with van der Waals surface area (Å²) in [6.45, 7) is 0. The van der Waals surface area contributed by atoms with E-state index < -0.39 is 0 Å². The van der Waals surface area contributed by atoms with Crippen LogP contribution in [0.25, 0.3) is 0 Å². The van der Waals surface area contributed by atoms with Crippen LogP contribution in [-0.4, -0.2) is 12.4 Å². The first-order valence-electron chi connectivity index (χ1n) is 4.76. The van der Waals surface area contributed by atoms with Gasteiger partial charge in [-0.15, -0.1) is 0 Å². The van der Waals surface area contributed by atoms with Gasteiger partial charge in [0.25, 0.3) is 0 Å². The highest BCUT2D eigenvalue weighted by Crippen LogP contribution is 2.34. The van der Waals surface area contributed by atoms with Gasteiger partial charge in [-0.3, -0.25) is 0 Å². The third-order valence-electron chi connectivity index (χ3n) is 2.52. The van der Waals surface area contributed by atoms with E-state index in [0.717, 1.165) is 29.2 Å². The van der Waals surface area contributed by atoms with E-state index >= 15 is 0 Å². The minimum atomic E-state index is -0.252. The van der Waals surface area contributed by atoms with Crippen molar-refractivity contribution in [1.82, 2.24) is 0 Å². The van der Waals surface area contributed by atoms with E-state index in [1.54, 1.807) is 0 Å². The van der Waals surface area contributed by atoms with Crippen molar-refractivity contribution < 1.29 is 9.53 Å². The zero-order chi connectivity index (χ0) is 10.8. The molecule has 0 amide bonds. The van der Waals surface area contributed by atoms with Crippen LogP contribution >= 0.6 is 27.5 Å². The molecule has 1 fully saturated rings. The maximum absolute atomic E-state index is 10.5. The normalized spacial score (nSPS) is 25.5. The summed E-state index contributed by atoms with van der Waals surface area (Å²) in [6, 6.07) is 5.74. The average molecular weight is 290 g/mol. The maximum atomic E-state index is 10.5. The van der Waals surface area contributed by atoms with Crippen molar-refractivity contribution in [2.24, 2.45) is 0 Å². The Bertz CT molecular complexity index is 381. The molecule has 1 aromatic rings. The van der Waals surface area contributed by atoms with Crippen molar-refractivity contribution in [1.29, 1.82) is 0 Å². The largest absolute Gasteiger partial charge is 0.363 e. The van der Waals surface area contributed by atoms with Gasteiger partial charge in [0.1, 0.15) is 12.4 Å². The number of benzene rings is 1. The smallest absolute Gasteiger partial charge is 0.148 e. The van der Waals surface area contributed by atoms with Gasteiger partial charge in [-0.25, -0.2) is 0 Å². The minimum absolute atomic E-state index is 0.00537. The number of rotatable bonds is 2. The van der Waals surface area contributed by atoms with Crippen LogP contribution in [0.15, 0.2) is 22.7 Å². The molecule has 80 valence electrons. The fourth-order valence-electron chi connectivity index (χ4n) is 1.72. The molecule has 2 atom stereocenters. The second-order valence-electron chi connectivity index (χ2n) is 3.55. The Balaban J connectivity index is 2.17. The fourth-order valence-corrected chi connectivity index (χ4v) is 2.16. The van der Waals surface area contributed by atoms with Gasteiger partial charge >= 0.3 is 0 Å². The molecule has 0 spiro atoms. The van der Waals surface area contributed by atoms with Crippen LogP contribution in [0.3, 0.4) is 0 Å². The van der Waals surface area contributed by atoms with Gasteiger partial charge in [-0.2, -0.15) is 0 Å². The molecular weight excluding hydrogens is 279 g/mol. The third-order valence-corrected chi connectivity index (χ3v) is 3.75. The van der Waals surface area contributed by atoms with Crippen LogP contribution in [0, 0.1) is 0 Å². The van der Waals surface area contributed by atoms with Gasteiger partial charge in [0.15, 0.2) is 0 Å². The van der Waals surface area contributed by atoms with Gasteiger partial charge in [-0.1, -0.05) is 17.7 Å². The SMILES string of the molecule is O=CC1CCC(c2ccc(Br)c(Cl)c2)O1. The number of halogens is 2. The molecule has 1 heterocycles. The zero-order valence-electron chi connectivity index (χ0n) is 7.95. The Morgan fingerprint density at radius 1 is 1.47 bits per heavy atom. The summed E-state index contributed by atoms with van der Waals surface area (Å²) < 4.78 is 6.42. The molecule has 1 aliphatic rings. The first kappa shape index (κ1) is 11.1. The first-order chi connectivity index (χ1) is 7.20. The summed E-state index contributed by atoms with van der Waals surface area (Å²) in [5.74, 6) is 0. The second kappa shape index (κ2) is 4.64. The molecule has 0 bridgehead atoms. The molecule has 0 saturated carbocycles. The molecule has 1 aliphatic heterocycles. The fraction of sp³-hybridized carbons (Fsp3) is 0.364. The van der Waals surface area contributed by atoms with E-state index in [9.17, 15) is 4.79 Å². The van der Waals surface area contributed by atoms with Crippen LogP contribution in [0.2, 0.25) is 5.02 Å². The van der Waals surface area contributed by atoms with Crippen LogP contribution < -0.4 is 0 Å². The van der Waals surface area contributed by atoms with E-state index in [0.29, 0.717) is 5.02 Å². The van der Waals surface area contributed by atoms with Gasteiger partial charge in [0.05, 0.1) is 11.1 Å². The van der Waals surface area contributed by atoms with E-state index in [1.807, 2.05) is 18.2 Å². The second-order valence-corrected chi connectivity index (χ2v) is 4.81. The predicted molar refractivity (Wildman–Crippen MR) is 62.1 cm³/mol. The molecule has 4 heteroatoms. The third kappa shape index (κ3) is 2.41. The van der Waals surface area contributed by atoms with Crippen molar-refractivity contribution >= 4 is 33.8 Å². The van der Waals surface area contributed by atoms with E-state index in [2.05, 4.69) is 15.9 Å². The Hall–Kier alpha value is -0.380. The van der Waals surface area contributed by atoms with E-state index in [-0.39, 0.29) is 12.2 Å². The van der Waals surface area contributed by atoms with Gasteiger partial charge < -0.3 is 9.53 Å². The molecule has 1 aromatic carbocycles. The molecule has 1 saturated heterocycles. The molecule has 0 aromatic heterocycles. The lowest BCUT2D eigenvalue weighted by molar-refractivity contribution is -0.117.